The third kappa shape index (κ3) is 5.41. The first-order valence-corrected chi connectivity index (χ1v) is 9.21. The molecule has 0 spiro atoms. The predicted molar refractivity (Wildman–Crippen MR) is 109 cm³/mol. The number of aromatic nitrogens is 1. The number of carbonyl (C=O) groups is 2. The Morgan fingerprint density at radius 2 is 1.43 bits per heavy atom. The van der Waals surface area contributed by atoms with E-state index in [4.69, 9.17) is 11.6 Å². The van der Waals surface area contributed by atoms with E-state index in [2.05, 4.69) is 15.6 Å². The first-order chi connectivity index (χ1) is 13.5. The van der Waals surface area contributed by atoms with Gasteiger partial charge in [-0.25, -0.2) is 0 Å². The van der Waals surface area contributed by atoms with Gasteiger partial charge in [0.05, 0.1) is 0 Å². The summed E-state index contributed by atoms with van der Waals surface area (Å²) in [7, 11) is 0. The van der Waals surface area contributed by atoms with E-state index in [9.17, 15) is 9.59 Å². The van der Waals surface area contributed by atoms with Gasteiger partial charge in [-0.3, -0.25) is 14.6 Å². The normalized spacial score (nSPS) is 10.4. The molecule has 3 rings (SSSR count). The average molecular weight is 394 g/mol. The van der Waals surface area contributed by atoms with Crippen molar-refractivity contribution in [1.29, 1.82) is 0 Å². The highest BCUT2D eigenvalue weighted by atomic mass is 35.5. The van der Waals surface area contributed by atoms with Crippen molar-refractivity contribution in [3.8, 4) is 0 Å². The number of hydrogen-bond donors (Lipinski definition) is 2. The van der Waals surface area contributed by atoms with Gasteiger partial charge in [-0.2, -0.15) is 0 Å². The standard InChI is InChI=1S/C22H20ClN3O2/c1-15-2-4-16(5-3-15)13-25-21(27)18-10-11-24-20(12-18)22(28)26-14-17-6-8-19(23)9-7-17/h2-12H,13-14H2,1H3,(H,25,27)(H,26,28). The topological polar surface area (TPSA) is 71.1 Å². The Kier molecular flexibility index (Phi) is 6.40. The van der Waals surface area contributed by atoms with Gasteiger partial charge in [-0.1, -0.05) is 53.6 Å². The number of benzene rings is 2. The second kappa shape index (κ2) is 9.15. The van der Waals surface area contributed by atoms with E-state index in [-0.39, 0.29) is 17.5 Å². The van der Waals surface area contributed by atoms with Crippen molar-refractivity contribution in [2.24, 2.45) is 0 Å². The first kappa shape index (κ1) is 19.6. The Morgan fingerprint density at radius 1 is 0.857 bits per heavy atom. The highest BCUT2D eigenvalue weighted by Crippen LogP contribution is 2.10. The molecule has 5 nitrogen and oxygen atoms in total. The summed E-state index contributed by atoms with van der Waals surface area (Å²) in [6.45, 7) is 2.78. The average Bonchev–Trinajstić information content (AvgIpc) is 2.72. The van der Waals surface area contributed by atoms with Crippen LogP contribution in [0.1, 0.15) is 37.5 Å². The van der Waals surface area contributed by atoms with E-state index in [1.807, 2.05) is 43.3 Å². The number of hydrogen-bond acceptors (Lipinski definition) is 3. The zero-order valence-corrected chi connectivity index (χ0v) is 16.2. The number of aryl methyl sites for hydroxylation is 1. The van der Waals surface area contributed by atoms with Crippen molar-refractivity contribution in [1.82, 2.24) is 15.6 Å². The molecule has 0 unspecified atom stereocenters. The molecular formula is C22H20ClN3O2. The maximum absolute atomic E-state index is 12.4. The molecule has 2 aromatic carbocycles. The monoisotopic (exact) mass is 393 g/mol. The fourth-order valence-electron chi connectivity index (χ4n) is 2.56. The van der Waals surface area contributed by atoms with E-state index in [1.54, 1.807) is 18.2 Å². The number of nitrogens with one attached hydrogen (secondary N) is 2. The van der Waals surface area contributed by atoms with Crippen LogP contribution in [-0.4, -0.2) is 16.8 Å². The van der Waals surface area contributed by atoms with Gasteiger partial charge >= 0.3 is 0 Å². The third-order valence-electron chi connectivity index (χ3n) is 4.19. The van der Waals surface area contributed by atoms with E-state index in [1.165, 1.54) is 17.8 Å². The highest BCUT2D eigenvalue weighted by molar-refractivity contribution is 6.30. The Morgan fingerprint density at radius 3 is 2.07 bits per heavy atom. The van der Waals surface area contributed by atoms with Gasteiger partial charge in [0.15, 0.2) is 0 Å². The molecule has 0 aliphatic heterocycles. The van der Waals surface area contributed by atoms with Gasteiger partial charge in [-0.05, 0) is 42.3 Å². The van der Waals surface area contributed by atoms with Gasteiger partial charge < -0.3 is 10.6 Å². The van der Waals surface area contributed by atoms with Crippen LogP contribution in [0.15, 0.2) is 66.9 Å². The van der Waals surface area contributed by atoms with Gasteiger partial charge in [0.25, 0.3) is 11.8 Å². The van der Waals surface area contributed by atoms with Crippen LogP contribution in [0.2, 0.25) is 5.02 Å². The third-order valence-corrected chi connectivity index (χ3v) is 4.45. The molecule has 28 heavy (non-hydrogen) atoms. The van der Waals surface area contributed by atoms with Crippen LogP contribution in [0.3, 0.4) is 0 Å². The number of carbonyl (C=O) groups excluding carboxylic acids is 2. The summed E-state index contributed by atoms with van der Waals surface area (Å²) >= 11 is 5.85. The van der Waals surface area contributed by atoms with Crippen LogP contribution in [0.4, 0.5) is 0 Å². The lowest BCUT2D eigenvalue weighted by Crippen LogP contribution is -2.26. The second-order valence-electron chi connectivity index (χ2n) is 6.41. The van der Waals surface area contributed by atoms with Crippen LogP contribution >= 0.6 is 11.6 Å². The molecule has 0 fully saturated rings. The molecule has 0 saturated carbocycles. The molecule has 2 amide bonds. The van der Waals surface area contributed by atoms with Crippen LogP contribution in [0.5, 0.6) is 0 Å². The van der Waals surface area contributed by atoms with Gasteiger partial charge in [0.2, 0.25) is 0 Å². The highest BCUT2D eigenvalue weighted by Gasteiger charge is 2.12. The molecule has 0 bridgehead atoms. The Labute approximate surface area is 168 Å². The molecule has 0 atom stereocenters. The lowest BCUT2D eigenvalue weighted by Gasteiger charge is -2.08. The number of nitrogens with zero attached hydrogens (tertiary/aromatic N) is 1. The minimum Gasteiger partial charge on any atom is -0.348 e. The zero-order chi connectivity index (χ0) is 19.9. The fraction of sp³-hybridized carbons (Fsp3) is 0.136. The summed E-state index contributed by atoms with van der Waals surface area (Å²) < 4.78 is 0. The minimum absolute atomic E-state index is 0.192. The maximum atomic E-state index is 12.4. The summed E-state index contributed by atoms with van der Waals surface area (Å²) in [6, 6.07) is 18.2. The van der Waals surface area contributed by atoms with Crippen molar-refractivity contribution in [3.63, 3.8) is 0 Å². The van der Waals surface area contributed by atoms with E-state index >= 15 is 0 Å². The van der Waals surface area contributed by atoms with Crippen LogP contribution in [0.25, 0.3) is 0 Å². The van der Waals surface area contributed by atoms with E-state index < -0.39 is 0 Å². The zero-order valence-electron chi connectivity index (χ0n) is 15.4. The maximum Gasteiger partial charge on any atom is 0.270 e. The van der Waals surface area contributed by atoms with Crippen molar-refractivity contribution in [2.75, 3.05) is 0 Å². The number of pyridine rings is 1. The molecule has 0 saturated heterocycles. The molecule has 3 aromatic rings. The van der Waals surface area contributed by atoms with Crippen LogP contribution in [0, 0.1) is 6.92 Å². The SMILES string of the molecule is Cc1ccc(CNC(=O)c2ccnc(C(=O)NCc3ccc(Cl)cc3)c2)cc1. The number of rotatable bonds is 6. The Hall–Kier alpha value is -3.18. The molecule has 1 aromatic heterocycles. The van der Waals surface area contributed by atoms with Crippen molar-refractivity contribution in [3.05, 3.63) is 99.8 Å². The molecule has 2 N–H and O–H groups in total. The minimum atomic E-state index is -0.344. The molecule has 6 heteroatoms. The van der Waals surface area contributed by atoms with Crippen molar-refractivity contribution < 1.29 is 9.59 Å². The molecule has 0 radical (unpaired) electrons. The lowest BCUT2D eigenvalue weighted by molar-refractivity contribution is 0.0946. The predicted octanol–water partition coefficient (Wildman–Crippen LogP) is 3.90. The van der Waals surface area contributed by atoms with Gasteiger partial charge in [0.1, 0.15) is 5.69 Å². The fourth-order valence-corrected chi connectivity index (χ4v) is 2.69. The summed E-state index contributed by atoms with van der Waals surface area (Å²) in [5, 5.41) is 6.28. The van der Waals surface area contributed by atoms with E-state index in [0.717, 1.165) is 11.1 Å². The molecule has 0 aliphatic rings. The molecule has 1 heterocycles. The van der Waals surface area contributed by atoms with Crippen LogP contribution in [-0.2, 0) is 13.1 Å². The summed E-state index contributed by atoms with van der Waals surface area (Å²) in [6.07, 6.45) is 1.46. The lowest BCUT2D eigenvalue weighted by atomic mass is 10.1. The van der Waals surface area contributed by atoms with Crippen LogP contribution < -0.4 is 10.6 Å². The quantitative estimate of drug-likeness (QED) is 0.667. The largest absolute Gasteiger partial charge is 0.348 e. The van der Waals surface area contributed by atoms with E-state index in [0.29, 0.717) is 23.7 Å². The Bertz CT molecular complexity index is 893. The summed E-state index contributed by atoms with van der Waals surface area (Å²) in [4.78, 5) is 28.8. The number of halogens is 1. The molecule has 142 valence electrons. The number of amides is 2. The van der Waals surface area contributed by atoms with Gasteiger partial charge in [-0.15, -0.1) is 0 Å². The van der Waals surface area contributed by atoms with Gasteiger partial charge in [0, 0.05) is 29.9 Å². The molecule has 0 aliphatic carbocycles. The Balaban J connectivity index is 1.58. The second-order valence-corrected chi connectivity index (χ2v) is 6.84. The first-order valence-electron chi connectivity index (χ1n) is 8.84. The summed E-state index contributed by atoms with van der Waals surface area (Å²) in [5.41, 5.74) is 3.67. The summed E-state index contributed by atoms with van der Waals surface area (Å²) in [5.74, 6) is -0.599. The van der Waals surface area contributed by atoms with Crippen molar-refractivity contribution in [2.45, 2.75) is 20.0 Å². The van der Waals surface area contributed by atoms with Crippen molar-refractivity contribution >= 4 is 23.4 Å². The smallest absolute Gasteiger partial charge is 0.270 e. The molecular weight excluding hydrogens is 374 g/mol.